The summed E-state index contributed by atoms with van der Waals surface area (Å²) >= 11 is 6.20. The van der Waals surface area contributed by atoms with E-state index in [9.17, 15) is 0 Å². The first-order chi connectivity index (χ1) is 7.54. The summed E-state index contributed by atoms with van der Waals surface area (Å²) in [5, 5.41) is 3.92. The van der Waals surface area contributed by atoms with Crippen LogP contribution in [0.5, 0.6) is 5.75 Å². The Morgan fingerprint density at radius 1 is 1.31 bits per heavy atom. The molecular weight excluding hydrogens is 222 g/mol. The predicted molar refractivity (Wildman–Crippen MR) is 69.3 cm³/mol. The topological polar surface area (TPSA) is 21.3 Å². The minimum atomic E-state index is 0.256. The molecule has 0 aliphatic carbocycles. The standard InChI is InChI=1S/C13H20ClNO/c1-9(2)8-16-11-5-6-12(10(3)15-4)13(14)7-11/h5-7,9-10,15H,8H2,1-4H3. The van der Waals surface area contributed by atoms with Crippen LogP contribution in [0.3, 0.4) is 0 Å². The van der Waals surface area contributed by atoms with Crippen LogP contribution in [0.25, 0.3) is 0 Å². The summed E-state index contributed by atoms with van der Waals surface area (Å²) in [5.74, 6) is 1.36. The van der Waals surface area contributed by atoms with Gasteiger partial charge in [0.2, 0.25) is 0 Å². The maximum atomic E-state index is 6.20. The van der Waals surface area contributed by atoms with Crippen LogP contribution in [0.2, 0.25) is 5.02 Å². The number of nitrogens with one attached hydrogen (secondary N) is 1. The highest BCUT2D eigenvalue weighted by Gasteiger charge is 2.08. The lowest BCUT2D eigenvalue weighted by atomic mass is 10.1. The van der Waals surface area contributed by atoms with Gasteiger partial charge in [-0.1, -0.05) is 31.5 Å². The van der Waals surface area contributed by atoms with Crippen molar-refractivity contribution in [1.82, 2.24) is 5.32 Å². The lowest BCUT2D eigenvalue weighted by Gasteiger charge is -2.14. The largest absolute Gasteiger partial charge is 0.493 e. The molecule has 0 saturated carbocycles. The van der Waals surface area contributed by atoms with Crippen molar-refractivity contribution in [3.05, 3.63) is 28.8 Å². The van der Waals surface area contributed by atoms with E-state index < -0.39 is 0 Å². The van der Waals surface area contributed by atoms with Crippen LogP contribution >= 0.6 is 11.6 Å². The quantitative estimate of drug-likeness (QED) is 0.850. The van der Waals surface area contributed by atoms with Crippen LogP contribution in [-0.4, -0.2) is 13.7 Å². The second-order valence-electron chi connectivity index (χ2n) is 4.40. The highest BCUT2D eigenvalue weighted by Crippen LogP contribution is 2.27. The summed E-state index contributed by atoms with van der Waals surface area (Å²) in [5.41, 5.74) is 1.10. The van der Waals surface area contributed by atoms with Gasteiger partial charge in [0.1, 0.15) is 5.75 Å². The van der Waals surface area contributed by atoms with E-state index in [0.717, 1.165) is 22.9 Å². The summed E-state index contributed by atoms with van der Waals surface area (Å²) in [6.07, 6.45) is 0. The summed E-state index contributed by atoms with van der Waals surface area (Å²) in [6, 6.07) is 6.12. The van der Waals surface area contributed by atoms with Crippen LogP contribution < -0.4 is 10.1 Å². The highest BCUT2D eigenvalue weighted by atomic mass is 35.5. The molecule has 0 aliphatic heterocycles. The number of benzene rings is 1. The molecule has 3 heteroatoms. The van der Waals surface area contributed by atoms with Crippen molar-refractivity contribution in [1.29, 1.82) is 0 Å². The normalized spacial score (nSPS) is 12.9. The molecule has 1 atom stereocenters. The maximum absolute atomic E-state index is 6.20. The van der Waals surface area contributed by atoms with E-state index in [1.54, 1.807) is 0 Å². The van der Waals surface area contributed by atoms with E-state index in [1.807, 2.05) is 25.2 Å². The first kappa shape index (κ1) is 13.3. The molecule has 0 radical (unpaired) electrons. The maximum Gasteiger partial charge on any atom is 0.120 e. The van der Waals surface area contributed by atoms with Gasteiger partial charge in [0, 0.05) is 11.1 Å². The SMILES string of the molecule is CNC(C)c1ccc(OCC(C)C)cc1Cl. The molecule has 1 aromatic rings. The molecule has 0 saturated heterocycles. The van der Waals surface area contributed by atoms with Gasteiger partial charge < -0.3 is 10.1 Å². The zero-order valence-electron chi connectivity index (χ0n) is 10.4. The van der Waals surface area contributed by atoms with Gasteiger partial charge in [-0.2, -0.15) is 0 Å². The molecule has 0 fully saturated rings. The Morgan fingerprint density at radius 3 is 2.50 bits per heavy atom. The van der Waals surface area contributed by atoms with E-state index in [1.165, 1.54) is 0 Å². The Bertz CT molecular complexity index is 339. The molecule has 1 N–H and O–H groups in total. The minimum Gasteiger partial charge on any atom is -0.493 e. The average Bonchev–Trinajstić information content (AvgIpc) is 2.25. The van der Waals surface area contributed by atoms with Gasteiger partial charge >= 0.3 is 0 Å². The van der Waals surface area contributed by atoms with E-state index in [4.69, 9.17) is 16.3 Å². The molecule has 0 heterocycles. The van der Waals surface area contributed by atoms with Crippen LogP contribution in [0.15, 0.2) is 18.2 Å². The fourth-order valence-electron chi connectivity index (χ4n) is 1.37. The van der Waals surface area contributed by atoms with Crippen molar-refractivity contribution in [2.24, 2.45) is 5.92 Å². The molecule has 0 spiro atoms. The number of hydrogen-bond acceptors (Lipinski definition) is 2. The van der Waals surface area contributed by atoms with Crippen molar-refractivity contribution in [2.75, 3.05) is 13.7 Å². The Balaban J connectivity index is 2.74. The smallest absolute Gasteiger partial charge is 0.120 e. The Labute approximate surface area is 103 Å². The molecule has 0 amide bonds. The van der Waals surface area contributed by atoms with Gasteiger partial charge in [0.15, 0.2) is 0 Å². The van der Waals surface area contributed by atoms with Crippen molar-refractivity contribution >= 4 is 11.6 Å². The Kier molecular flexibility index (Phi) is 5.10. The number of ether oxygens (including phenoxy) is 1. The van der Waals surface area contributed by atoms with E-state index in [0.29, 0.717) is 5.92 Å². The van der Waals surface area contributed by atoms with E-state index in [-0.39, 0.29) is 6.04 Å². The van der Waals surface area contributed by atoms with Gasteiger partial charge in [-0.25, -0.2) is 0 Å². The third-order valence-corrected chi connectivity index (χ3v) is 2.78. The Hall–Kier alpha value is -0.730. The van der Waals surface area contributed by atoms with E-state index >= 15 is 0 Å². The average molecular weight is 242 g/mol. The lowest BCUT2D eigenvalue weighted by Crippen LogP contribution is -2.12. The molecule has 0 aliphatic rings. The van der Waals surface area contributed by atoms with Crippen molar-refractivity contribution < 1.29 is 4.74 Å². The monoisotopic (exact) mass is 241 g/mol. The molecule has 0 aromatic heterocycles. The highest BCUT2D eigenvalue weighted by molar-refractivity contribution is 6.31. The summed E-state index contributed by atoms with van der Waals surface area (Å²) in [4.78, 5) is 0. The van der Waals surface area contributed by atoms with Gasteiger partial charge in [0.05, 0.1) is 6.61 Å². The second-order valence-corrected chi connectivity index (χ2v) is 4.81. The Morgan fingerprint density at radius 2 is 2.00 bits per heavy atom. The summed E-state index contributed by atoms with van der Waals surface area (Å²) in [7, 11) is 1.92. The molecule has 1 unspecified atom stereocenters. The number of hydrogen-bond donors (Lipinski definition) is 1. The van der Waals surface area contributed by atoms with Crippen LogP contribution in [0.4, 0.5) is 0 Å². The zero-order valence-corrected chi connectivity index (χ0v) is 11.1. The van der Waals surface area contributed by atoms with Crippen LogP contribution in [0, 0.1) is 5.92 Å². The lowest BCUT2D eigenvalue weighted by molar-refractivity contribution is 0.271. The molecule has 1 rings (SSSR count). The fourth-order valence-corrected chi connectivity index (χ4v) is 1.70. The third kappa shape index (κ3) is 3.69. The second kappa shape index (κ2) is 6.12. The molecule has 1 aromatic carbocycles. The van der Waals surface area contributed by atoms with Gasteiger partial charge in [-0.15, -0.1) is 0 Å². The molecule has 90 valence electrons. The van der Waals surface area contributed by atoms with Crippen molar-refractivity contribution in [2.45, 2.75) is 26.8 Å². The minimum absolute atomic E-state index is 0.256. The molecular formula is C13H20ClNO. The van der Waals surface area contributed by atoms with Crippen LogP contribution in [0.1, 0.15) is 32.4 Å². The number of rotatable bonds is 5. The predicted octanol–water partition coefficient (Wildman–Crippen LogP) is 3.66. The van der Waals surface area contributed by atoms with Crippen LogP contribution in [-0.2, 0) is 0 Å². The first-order valence-electron chi connectivity index (χ1n) is 5.64. The van der Waals surface area contributed by atoms with Gasteiger partial charge in [-0.3, -0.25) is 0 Å². The number of halogens is 1. The molecule has 16 heavy (non-hydrogen) atoms. The molecule has 2 nitrogen and oxygen atoms in total. The van der Waals surface area contributed by atoms with E-state index in [2.05, 4.69) is 26.1 Å². The van der Waals surface area contributed by atoms with Gasteiger partial charge in [-0.05, 0) is 37.6 Å². The first-order valence-corrected chi connectivity index (χ1v) is 6.02. The summed E-state index contributed by atoms with van der Waals surface area (Å²) in [6.45, 7) is 7.05. The zero-order chi connectivity index (χ0) is 12.1. The fraction of sp³-hybridized carbons (Fsp3) is 0.538. The van der Waals surface area contributed by atoms with Gasteiger partial charge in [0.25, 0.3) is 0 Å². The third-order valence-electron chi connectivity index (χ3n) is 2.45. The summed E-state index contributed by atoms with van der Waals surface area (Å²) < 4.78 is 5.61. The van der Waals surface area contributed by atoms with Crippen molar-refractivity contribution in [3.8, 4) is 5.75 Å². The van der Waals surface area contributed by atoms with Crippen molar-refractivity contribution in [3.63, 3.8) is 0 Å². The molecule has 0 bridgehead atoms.